The van der Waals surface area contributed by atoms with Gasteiger partial charge in [-0.05, 0) is 39.2 Å². The number of nitrogens with one attached hydrogen (secondary N) is 1. The highest BCUT2D eigenvalue weighted by molar-refractivity contribution is 5.37. The van der Waals surface area contributed by atoms with Crippen LogP contribution in [0.25, 0.3) is 0 Å². The van der Waals surface area contributed by atoms with Crippen molar-refractivity contribution < 1.29 is 9.84 Å². The van der Waals surface area contributed by atoms with E-state index < -0.39 is 0 Å². The van der Waals surface area contributed by atoms with Crippen molar-refractivity contribution in [3.05, 3.63) is 29.3 Å². The highest BCUT2D eigenvalue weighted by Crippen LogP contribution is 2.26. The molecule has 1 aliphatic heterocycles. The van der Waals surface area contributed by atoms with Gasteiger partial charge in [0, 0.05) is 24.3 Å². The van der Waals surface area contributed by atoms with E-state index in [2.05, 4.69) is 19.2 Å². The first-order chi connectivity index (χ1) is 8.58. The lowest BCUT2D eigenvalue weighted by Gasteiger charge is -2.25. The summed E-state index contributed by atoms with van der Waals surface area (Å²) >= 11 is 0. The molecule has 1 saturated heterocycles. The van der Waals surface area contributed by atoms with Gasteiger partial charge in [0.05, 0.1) is 6.61 Å². The standard InChI is InChI=1S/C15H23NO2/c1-10-4-5-15(17)14(8-10)12(3)16-11(2)13-6-7-18-9-13/h4-5,8,11-13,16-17H,6-7,9H2,1-3H3. The van der Waals surface area contributed by atoms with E-state index in [9.17, 15) is 5.11 Å². The van der Waals surface area contributed by atoms with Crippen molar-refractivity contribution in [3.63, 3.8) is 0 Å². The van der Waals surface area contributed by atoms with E-state index >= 15 is 0 Å². The van der Waals surface area contributed by atoms with Gasteiger partial charge in [-0.25, -0.2) is 0 Å². The molecule has 18 heavy (non-hydrogen) atoms. The molecule has 1 aliphatic rings. The van der Waals surface area contributed by atoms with Gasteiger partial charge < -0.3 is 15.2 Å². The van der Waals surface area contributed by atoms with Gasteiger partial charge in [0.15, 0.2) is 0 Å². The first kappa shape index (κ1) is 13.4. The second-order valence-corrected chi connectivity index (χ2v) is 5.36. The lowest BCUT2D eigenvalue weighted by atomic mass is 9.98. The highest BCUT2D eigenvalue weighted by atomic mass is 16.5. The minimum absolute atomic E-state index is 0.153. The van der Waals surface area contributed by atoms with E-state index in [-0.39, 0.29) is 6.04 Å². The molecule has 3 unspecified atom stereocenters. The Labute approximate surface area is 109 Å². The predicted octanol–water partition coefficient (Wildman–Crippen LogP) is 2.78. The molecule has 0 aliphatic carbocycles. The van der Waals surface area contributed by atoms with Crippen LogP contribution in [0, 0.1) is 12.8 Å². The molecule has 3 atom stereocenters. The van der Waals surface area contributed by atoms with Crippen molar-refractivity contribution in [2.45, 2.75) is 39.3 Å². The fourth-order valence-corrected chi connectivity index (χ4v) is 2.59. The van der Waals surface area contributed by atoms with Gasteiger partial charge in [-0.3, -0.25) is 0 Å². The Kier molecular flexibility index (Phi) is 4.25. The predicted molar refractivity (Wildman–Crippen MR) is 72.8 cm³/mol. The van der Waals surface area contributed by atoms with Crippen LogP contribution in [-0.4, -0.2) is 24.4 Å². The Morgan fingerprint density at radius 2 is 2.17 bits per heavy atom. The first-order valence-electron chi connectivity index (χ1n) is 6.71. The summed E-state index contributed by atoms with van der Waals surface area (Å²) in [6, 6.07) is 6.31. The molecular formula is C15H23NO2. The average molecular weight is 249 g/mol. The Balaban J connectivity index is 2.02. The second kappa shape index (κ2) is 5.72. The summed E-state index contributed by atoms with van der Waals surface area (Å²) in [6.45, 7) is 8.06. The number of phenols is 1. The first-order valence-corrected chi connectivity index (χ1v) is 6.71. The fourth-order valence-electron chi connectivity index (χ4n) is 2.59. The summed E-state index contributed by atoms with van der Waals surface area (Å²) in [5, 5.41) is 13.5. The Morgan fingerprint density at radius 3 is 2.83 bits per heavy atom. The normalized spacial score (nSPS) is 22.9. The molecule has 0 amide bonds. The zero-order chi connectivity index (χ0) is 13.1. The van der Waals surface area contributed by atoms with Gasteiger partial charge in [-0.1, -0.05) is 17.7 Å². The number of ether oxygens (including phenoxy) is 1. The summed E-state index contributed by atoms with van der Waals surface area (Å²) in [7, 11) is 0. The van der Waals surface area contributed by atoms with Crippen LogP contribution in [0.3, 0.4) is 0 Å². The topological polar surface area (TPSA) is 41.5 Å². The van der Waals surface area contributed by atoms with E-state index in [0.29, 0.717) is 17.7 Å². The lowest BCUT2D eigenvalue weighted by Crippen LogP contribution is -2.35. The molecule has 0 bridgehead atoms. The average Bonchev–Trinajstić information content (AvgIpc) is 2.85. The molecule has 0 aromatic heterocycles. The number of benzene rings is 1. The summed E-state index contributed by atoms with van der Waals surface area (Å²) in [5.41, 5.74) is 2.15. The molecule has 1 aromatic carbocycles. The third-order valence-electron chi connectivity index (χ3n) is 3.83. The van der Waals surface area contributed by atoms with Gasteiger partial charge in [0.2, 0.25) is 0 Å². The maximum absolute atomic E-state index is 9.92. The SMILES string of the molecule is Cc1ccc(O)c(C(C)NC(C)C2CCOC2)c1. The highest BCUT2D eigenvalue weighted by Gasteiger charge is 2.24. The van der Waals surface area contributed by atoms with Crippen molar-refractivity contribution in [2.75, 3.05) is 13.2 Å². The third-order valence-corrected chi connectivity index (χ3v) is 3.83. The minimum atomic E-state index is 0.153. The van der Waals surface area contributed by atoms with Crippen LogP contribution in [0.2, 0.25) is 0 Å². The van der Waals surface area contributed by atoms with Crippen LogP contribution in [-0.2, 0) is 4.74 Å². The molecule has 2 N–H and O–H groups in total. The Bertz CT molecular complexity index is 399. The van der Waals surface area contributed by atoms with Crippen LogP contribution in [0.1, 0.15) is 37.4 Å². The summed E-state index contributed by atoms with van der Waals surface area (Å²) in [5.74, 6) is 0.954. The zero-order valence-electron chi connectivity index (χ0n) is 11.4. The van der Waals surface area contributed by atoms with Gasteiger partial charge in [-0.15, -0.1) is 0 Å². The van der Waals surface area contributed by atoms with E-state index in [4.69, 9.17) is 4.74 Å². The number of hydrogen-bond donors (Lipinski definition) is 2. The van der Waals surface area contributed by atoms with Gasteiger partial charge in [0.1, 0.15) is 5.75 Å². The molecule has 0 saturated carbocycles. The van der Waals surface area contributed by atoms with Crippen LogP contribution in [0.5, 0.6) is 5.75 Å². The van der Waals surface area contributed by atoms with Gasteiger partial charge >= 0.3 is 0 Å². The Morgan fingerprint density at radius 1 is 1.39 bits per heavy atom. The van der Waals surface area contributed by atoms with Crippen molar-refractivity contribution in [1.29, 1.82) is 0 Å². The van der Waals surface area contributed by atoms with Crippen LogP contribution in [0.15, 0.2) is 18.2 Å². The third kappa shape index (κ3) is 3.03. The molecule has 0 radical (unpaired) electrons. The van der Waals surface area contributed by atoms with Crippen molar-refractivity contribution >= 4 is 0 Å². The summed E-state index contributed by atoms with van der Waals surface area (Å²) in [6.07, 6.45) is 1.13. The second-order valence-electron chi connectivity index (χ2n) is 5.36. The number of aromatic hydroxyl groups is 1. The summed E-state index contributed by atoms with van der Waals surface area (Å²) in [4.78, 5) is 0. The van der Waals surface area contributed by atoms with Crippen LogP contribution in [0.4, 0.5) is 0 Å². The zero-order valence-corrected chi connectivity index (χ0v) is 11.4. The quantitative estimate of drug-likeness (QED) is 0.862. The molecule has 1 fully saturated rings. The van der Waals surface area contributed by atoms with Crippen LogP contribution < -0.4 is 5.32 Å². The fraction of sp³-hybridized carbons (Fsp3) is 0.600. The van der Waals surface area contributed by atoms with E-state index in [1.165, 1.54) is 5.56 Å². The van der Waals surface area contributed by atoms with E-state index in [1.807, 2.05) is 19.1 Å². The van der Waals surface area contributed by atoms with Gasteiger partial charge in [0.25, 0.3) is 0 Å². The molecule has 1 aromatic rings. The smallest absolute Gasteiger partial charge is 0.120 e. The van der Waals surface area contributed by atoms with E-state index in [1.54, 1.807) is 6.07 Å². The van der Waals surface area contributed by atoms with Crippen molar-refractivity contribution in [2.24, 2.45) is 5.92 Å². The molecule has 100 valence electrons. The Hall–Kier alpha value is -1.06. The maximum atomic E-state index is 9.92. The monoisotopic (exact) mass is 249 g/mol. The molecule has 2 rings (SSSR count). The van der Waals surface area contributed by atoms with Crippen LogP contribution >= 0.6 is 0 Å². The summed E-state index contributed by atoms with van der Waals surface area (Å²) < 4.78 is 5.42. The minimum Gasteiger partial charge on any atom is -0.508 e. The number of hydrogen-bond acceptors (Lipinski definition) is 3. The molecule has 1 heterocycles. The lowest BCUT2D eigenvalue weighted by molar-refractivity contribution is 0.177. The maximum Gasteiger partial charge on any atom is 0.120 e. The molecule has 0 spiro atoms. The molecule has 3 nitrogen and oxygen atoms in total. The number of rotatable bonds is 4. The van der Waals surface area contributed by atoms with Crippen molar-refractivity contribution in [3.8, 4) is 5.75 Å². The van der Waals surface area contributed by atoms with E-state index in [0.717, 1.165) is 25.2 Å². The number of aryl methyl sites for hydroxylation is 1. The van der Waals surface area contributed by atoms with Gasteiger partial charge in [-0.2, -0.15) is 0 Å². The van der Waals surface area contributed by atoms with Crippen molar-refractivity contribution in [1.82, 2.24) is 5.32 Å². The largest absolute Gasteiger partial charge is 0.508 e. The number of phenolic OH excluding ortho intramolecular Hbond substituents is 1. The molecule has 3 heteroatoms. The molecular weight excluding hydrogens is 226 g/mol.